The van der Waals surface area contributed by atoms with Gasteiger partial charge in [0, 0.05) is 13.1 Å². The van der Waals surface area contributed by atoms with Gasteiger partial charge in [0.25, 0.3) is 0 Å². The van der Waals surface area contributed by atoms with Crippen molar-refractivity contribution in [1.82, 2.24) is 9.80 Å². The van der Waals surface area contributed by atoms with Crippen LogP contribution >= 0.6 is 0 Å². The van der Waals surface area contributed by atoms with E-state index in [1.165, 1.54) is 24.0 Å². The molecule has 1 aliphatic carbocycles. The van der Waals surface area contributed by atoms with Crippen molar-refractivity contribution in [3.8, 4) is 0 Å². The van der Waals surface area contributed by atoms with Crippen LogP contribution in [0.3, 0.4) is 0 Å². The number of hydrogen-bond donors (Lipinski definition) is 1. The Bertz CT molecular complexity index is 460. The van der Waals surface area contributed by atoms with Gasteiger partial charge in [-0.15, -0.1) is 0 Å². The number of nitrogens with two attached hydrogens (primary N) is 1. The fourth-order valence-corrected chi connectivity index (χ4v) is 2.30. The summed E-state index contributed by atoms with van der Waals surface area (Å²) >= 11 is 0. The predicted octanol–water partition coefficient (Wildman–Crippen LogP) is 2.01. The van der Waals surface area contributed by atoms with Gasteiger partial charge < -0.3 is 15.5 Å². The summed E-state index contributed by atoms with van der Waals surface area (Å²) < 4.78 is 0. The normalized spacial score (nSPS) is 17.4. The number of likely N-dealkylation sites (N-methyl/N-ethyl adjacent to an activating group) is 1. The first-order valence-electron chi connectivity index (χ1n) is 7.24. The highest BCUT2D eigenvalue weighted by atomic mass is 15.3. The molecular weight excluding hydrogens is 248 g/mol. The van der Waals surface area contributed by atoms with Gasteiger partial charge in [-0.05, 0) is 39.4 Å². The molecule has 1 aliphatic rings. The molecule has 2 N–H and O–H groups in total. The van der Waals surface area contributed by atoms with E-state index in [9.17, 15) is 0 Å². The number of aliphatic imine (C=N–C) groups is 1. The van der Waals surface area contributed by atoms with Crippen molar-refractivity contribution >= 4 is 5.96 Å². The maximum absolute atomic E-state index is 6.07. The zero-order chi connectivity index (χ0) is 14.7. The lowest BCUT2D eigenvalue weighted by Crippen LogP contribution is -2.36. The van der Waals surface area contributed by atoms with Gasteiger partial charge >= 0.3 is 0 Å². The van der Waals surface area contributed by atoms with Crippen LogP contribution in [0.4, 0.5) is 0 Å². The van der Waals surface area contributed by atoms with Crippen molar-refractivity contribution in [2.24, 2.45) is 10.7 Å². The van der Waals surface area contributed by atoms with Crippen LogP contribution in [-0.4, -0.2) is 49.5 Å². The average molecular weight is 274 g/mol. The molecule has 4 heteroatoms. The summed E-state index contributed by atoms with van der Waals surface area (Å²) in [5.74, 6) is 0.659. The first-order valence-corrected chi connectivity index (χ1v) is 7.24. The highest BCUT2D eigenvalue weighted by Crippen LogP contribution is 2.25. The van der Waals surface area contributed by atoms with Gasteiger partial charge in [0.2, 0.25) is 0 Å². The summed E-state index contributed by atoms with van der Waals surface area (Å²) in [6.07, 6.45) is 2.48. The van der Waals surface area contributed by atoms with Crippen molar-refractivity contribution in [3.05, 3.63) is 35.4 Å². The van der Waals surface area contributed by atoms with E-state index in [0.717, 1.165) is 0 Å². The quantitative estimate of drug-likeness (QED) is 0.660. The van der Waals surface area contributed by atoms with Crippen LogP contribution in [0, 0.1) is 6.92 Å². The summed E-state index contributed by atoms with van der Waals surface area (Å²) in [6.45, 7) is 2.80. The van der Waals surface area contributed by atoms with Crippen molar-refractivity contribution in [2.45, 2.75) is 31.8 Å². The Hall–Kier alpha value is -1.55. The SMILES string of the molecule is Cc1ccc(C(CN=C(N)N(C)C2CC2)N(C)C)cc1. The fourth-order valence-electron chi connectivity index (χ4n) is 2.30. The Balaban J connectivity index is 2.05. The van der Waals surface area contributed by atoms with E-state index in [1.54, 1.807) is 0 Å². The molecule has 0 amide bonds. The van der Waals surface area contributed by atoms with Crippen LogP contribution in [0.5, 0.6) is 0 Å². The first kappa shape index (κ1) is 14.9. The van der Waals surface area contributed by atoms with Gasteiger partial charge in [0.05, 0.1) is 12.6 Å². The number of hydrogen-bond acceptors (Lipinski definition) is 2. The van der Waals surface area contributed by atoms with Crippen LogP contribution in [0.15, 0.2) is 29.3 Å². The van der Waals surface area contributed by atoms with E-state index in [4.69, 9.17) is 5.73 Å². The monoisotopic (exact) mass is 274 g/mol. The van der Waals surface area contributed by atoms with Crippen LogP contribution in [-0.2, 0) is 0 Å². The molecule has 1 unspecified atom stereocenters. The van der Waals surface area contributed by atoms with Crippen molar-refractivity contribution < 1.29 is 0 Å². The van der Waals surface area contributed by atoms with Gasteiger partial charge in [-0.25, -0.2) is 0 Å². The molecular formula is C16H26N4. The molecule has 1 fully saturated rings. The van der Waals surface area contributed by atoms with Crippen LogP contribution < -0.4 is 5.73 Å². The Morgan fingerprint density at radius 2 is 1.85 bits per heavy atom. The number of benzene rings is 1. The molecule has 4 nitrogen and oxygen atoms in total. The summed E-state index contributed by atoms with van der Waals surface area (Å²) in [5.41, 5.74) is 8.63. The average Bonchev–Trinajstić information content (AvgIpc) is 3.24. The van der Waals surface area contributed by atoms with Crippen LogP contribution in [0.25, 0.3) is 0 Å². The van der Waals surface area contributed by atoms with Crippen molar-refractivity contribution in [1.29, 1.82) is 0 Å². The maximum atomic E-state index is 6.07. The first-order chi connectivity index (χ1) is 9.49. The smallest absolute Gasteiger partial charge is 0.191 e. The van der Waals surface area contributed by atoms with Gasteiger partial charge in [-0.1, -0.05) is 29.8 Å². The molecule has 0 aliphatic heterocycles. The standard InChI is InChI=1S/C16H26N4/c1-12-5-7-13(8-6-12)15(19(2)3)11-18-16(17)20(4)14-9-10-14/h5-8,14-15H,9-11H2,1-4H3,(H2,17,18). The molecule has 0 saturated heterocycles. The van der Waals surface area contributed by atoms with Crippen molar-refractivity contribution in [2.75, 3.05) is 27.7 Å². The lowest BCUT2D eigenvalue weighted by molar-refractivity contribution is 0.305. The molecule has 1 aromatic carbocycles. The Morgan fingerprint density at radius 3 is 2.35 bits per heavy atom. The largest absolute Gasteiger partial charge is 0.370 e. The molecule has 0 heterocycles. The third-order valence-electron chi connectivity index (χ3n) is 3.97. The van der Waals surface area contributed by atoms with Crippen LogP contribution in [0.2, 0.25) is 0 Å². The molecule has 0 bridgehead atoms. The van der Waals surface area contributed by atoms with E-state index in [1.807, 2.05) is 7.05 Å². The summed E-state index contributed by atoms with van der Waals surface area (Å²) in [4.78, 5) is 8.88. The van der Waals surface area contributed by atoms with E-state index in [2.05, 4.69) is 60.1 Å². The van der Waals surface area contributed by atoms with E-state index < -0.39 is 0 Å². The Morgan fingerprint density at radius 1 is 1.25 bits per heavy atom. The predicted molar refractivity (Wildman–Crippen MR) is 84.9 cm³/mol. The molecule has 0 spiro atoms. The summed E-state index contributed by atoms with van der Waals surface area (Å²) in [5, 5.41) is 0. The fraction of sp³-hybridized carbons (Fsp3) is 0.562. The number of rotatable bonds is 5. The molecule has 0 aromatic heterocycles. The molecule has 1 saturated carbocycles. The lowest BCUT2D eigenvalue weighted by Gasteiger charge is -2.24. The molecule has 20 heavy (non-hydrogen) atoms. The van der Waals surface area contributed by atoms with Crippen LogP contribution in [0.1, 0.15) is 30.0 Å². The van der Waals surface area contributed by atoms with E-state index in [0.29, 0.717) is 18.5 Å². The molecule has 1 aromatic rings. The van der Waals surface area contributed by atoms with Gasteiger partial charge in [-0.2, -0.15) is 0 Å². The topological polar surface area (TPSA) is 44.9 Å². The second-order valence-electron chi connectivity index (χ2n) is 5.93. The molecule has 1 atom stereocenters. The van der Waals surface area contributed by atoms with Crippen molar-refractivity contribution in [3.63, 3.8) is 0 Å². The van der Waals surface area contributed by atoms with Gasteiger partial charge in [-0.3, -0.25) is 4.99 Å². The number of guanidine groups is 1. The minimum absolute atomic E-state index is 0.266. The minimum atomic E-state index is 0.266. The van der Waals surface area contributed by atoms with E-state index >= 15 is 0 Å². The summed E-state index contributed by atoms with van der Waals surface area (Å²) in [6, 6.07) is 9.52. The lowest BCUT2D eigenvalue weighted by atomic mass is 10.0. The highest BCUT2D eigenvalue weighted by molar-refractivity contribution is 5.78. The molecule has 0 radical (unpaired) electrons. The molecule has 2 rings (SSSR count). The number of aryl methyl sites for hydroxylation is 1. The zero-order valence-electron chi connectivity index (χ0n) is 13.0. The van der Waals surface area contributed by atoms with Gasteiger partial charge in [0.15, 0.2) is 5.96 Å². The Labute approximate surface area is 122 Å². The second-order valence-corrected chi connectivity index (χ2v) is 5.93. The Kier molecular flexibility index (Phi) is 4.65. The minimum Gasteiger partial charge on any atom is -0.370 e. The second kappa shape index (κ2) is 6.27. The van der Waals surface area contributed by atoms with E-state index in [-0.39, 0.29) is 6.04 Å². The third-order valence-corrected chi connectivity index (χ3v) is 3.97. The number of nitrogens with zero attached hydrogens (tertiary/aromatic N) is 3. The maximum Gasteiger partial charge on any atom is 0.191 e. The molecule has 110 valence electrons. The zero-order valence-corrected chi connectivity index (χ0v) is 13.0. The highest BCUT2D eigenvalue weighted by Gasteiger charge is 2.27. The third kappa shape index (κ3) is 3.73. The van der Waals surface area contributed by atoms with Gasteiger partial charge in [0.1, 0.15) is 0 Å². The summed E-state index contributed by atoms with van der Waals surface area (Å²) in [7, 11) is 6.20.